The molecule has 1 aliphatic rings. The Labute approximate surface area is 182 Å². The van der Waals surface area contributed by atoms with E-state index in [1.165, 1.54) is 0 Å². The predicted molar refractivity (Wildman–Crippen MR) is 117 cm³/mol. The minimum absolute atomic E-state index is 0.0279. The number of aliphatic hydroxyl groups excluding tert-OH is 1. The molecule has 0 bridgehead atoms. The Balaban J connectivity index is 1.84. The third-order valence-corrected chi connectivity index (χ3v) is 5.28. The summed E-state index contributed by atoms with van der Waals surface area (Å²) in [6.45, 7) is 6.23. The number of benzene rings is 1. The summed E-state index contributed by atoms with van der Waals surface area (Å²) in [6.07, 6.45) is 2.19. The minimum atomic E-state index is -3.56. The lowest BCUT2D eigenvalue weighted by molar-refractivity contribution is 0.174. The van der Waals surface area contributed by atoms with E-state index in [-0.39, 0.29) is 37.3 Å². The van der Waals surface area contributed by atoms with E-state index in [0.717, 1.165) is 11.8 Å². The molecule has 0 radical (unpaired) electrons. The van der Waals surface area contributed by atoms with Crippen molar-refractivity contribution in [1.82, 2.24) is 15.0 Å². The Morgan fingerprint density at radius 2 is 1.81 bits per heavy atom. The number of aromatic nitrogens is 3. The lowest BCUT2D eigenvalue weighted by Gasteiger charge is -2.19. The summed E-state index contributed by atoms with van der Waals surface area (Å²) in [5.41, 5.74) is 1.02. The first-order valence-electron chi connectivity index (χ1n) is 10.1. The molecule has 170 valence electrons. The van der Waals surface area contributed by atoms with Crippen LogP contribution in [0, 0.1) is 5.92 Å². The molecule has 3 rings (SSSR count). The molecule has 0 saturated carbocycles. The lowest BCUT2D eigenvalue weighted by Crippen LogP contribution is -2.27. The number of sulfonamides is 1. The zero-order valence-electron chi connectivity index (χ0n) is 18.1. The van der Waals surface area contributed by atoms with Gasteiger partial charge in [0.2, 0.25) is 28.7 Å². The molecule has 3 N–H and O–H groups in total. The number of anilines is 2. The first-order chi connectivity index (χ1) is 14.6. The molecule has 31 heavy (non-hydrogen) atoms. The fraction of sp³-hybridized carbons (Fsp3) is 0.550. The highest BCUT2D eigenvalue weighted by Gasteiger charge is 2.19. The first kappa shape index (κ1) is 23.0. The monoisotopic (exact) mass is 451 g/mol. The van der Waals surface area contributed by atoms with Crippen LogP contribution in [0.5, 0.6) is 11.5 Å². The van der Waals surface area contributed by atoms with Gasteiger partial charge in [-0.05, 0) is 36.0 Å². The highest BCUT2D eigenvalue weighted by molar-refractivity contribution is 7.91. The number of rotatable bonds is 10. The van der Waals surface area contributed by atoms with Gasteiger partial charge in [0.25, 0.3) is 0 Å². The van der Waals surface area contributed by atoms with Crippen molar-refractivity contribution in [3.8, 4) is 11.5 Å². The SMILES string of the molecule is CC(C)CC(CO)Nc1nc(CC(C)c2ccc3c(c2)OCO3)nc(NS(C)(=O)=O)n1. The fourth-order valence-corrected chi connectivity index (χ4v) is 3.75. The van der Waals surface area contributed by atoms with Crippen LogP contribution in [0.25, 0.3) is 0 Å². The second-order valence-corrected chi connectivity index (χ2v) is 9.89. The molecule has 0 saturated heterocycles. The second-order valence-electron chi connectivity index (χ2n) is 8.14. The zero-order valence-corrected chi connectivity index (χ0v) is 18.9. The van der Waals surface area contributed by atoms with E-state index in [1.807, 2.05) is 39.0 Å². The maximum Gasteiger partial charge on any atom is 0.241 e. The average Bonchev–Trinajstić information content (AvgIpc) is 3.13. The fourth-order valence-electron chi connectivity index (χ4n) is 3.33. The number of nitrogens with one attached hydrogen (secondary N) is 2. The van der Waals surface area contributed by atoms with E-state index >= 15 is 0 Å². The van der Waals surface area contributed by atoms with Gasteiger partial charge in [-0.15, -0.1) is 0 Å². The van der Waals surface area contributed by atoms with Crippen LogP contribution in [0.15, 0.2) is 18.2 Å². The van der Waals surface area contributed by atoms with Crippen LogP contribution in [-0.2, 0) is 16.4 Å². The molecule has 1 aromatic heterocycles. The van der Waals surface area contributed by atoms with Crippen molar-refractivity contribution < 1.29 is 23.0 Å². The van der Waals surface area contributed by atoms with Crippen molar-refractivity contribution in [2.24, 2.45) is 5.92 Å². The van der Waals surface area contributed by atoms with Gasteiger partial charge in [0, 0.05) is 6.42 Å². The van der Waals surface area contributed by atoms with Crippen molar-refractivity contribution in [3.05, 3.63) is 29.6 Å². The molecule has 2 heterocycles. The zero-order chi connectivity index (χ0) is 22.6. The largest absolute Gasteiger partial charge is 0.454 e. The highest BCUT2D eigenvalue weighted by atomic mass is 32.2. The Kier molecular flexibility index (Phi) is 7.16. The summed E-state index contributed by atoms with van der Waals surface area (Å²) < 4.78 is 36.5. The maximum atomic E-state index is 11.7. The molecule has 0 fully saturated rings. The summed E-state index contributed by atoms with van der Waals surface area (Å²) in [6, 6.07) is 5.49. The van der Waals surface area contributed by atoms with Crippen LogP contribution < -0.4 is 19.5 Å². The van der Waals surface area contributed by atoms with Gasteiger partial charge in [-0.2, -0.15) is 15.0 Å². The van der Waals surface area contributed by atoms with E-state index in [0.29, 0.717) is 36.1 Å². The first-order valence-corrected chi connectivity index (χ1v) is 12.0. The summed E-state index contributed by atoms with van der Waals surface area (Å²) in [7, 11) is -3.56. The Morgan fingerprint density at radius 1 is 1.10 bits per heavy atom. The summed E-state index contributed by atoms with van der Waals surface area (Å²) in [5.74, 6) is 2.37. The van der Waals surface area contributed by atoms with E-state index in [1.54, 1.807) is 0 Å². The Hall–Kier alpha value is -2.66. The molecule has 2 aromatic rings. The number of aliphatic hydroxyl groups is 1. The Morgan fingerprint density at radius 3 is 2.48 bits per heavy atom. The van der Waals surface area contributed by atoms with Crippen molar-refractivity contribution in [3.63, 3.8) is 0 Å². The Bertz CT molecular complexity index is 1020. The molecular formula is C20H29N5O5S. The van der Waals surface area contributed by atoms with E-state index < -0.39 is 10.0 Å². The van der Waals surface area contributed by atoms with E-state index in [4.69, 9.17) is 9.47 Å². The molecule has 0 aliphatic carbocycles. The van der Waals surface area contributed by atoms with Crippen LogP contribution in [0.1, 0.15) is 44.5 Å². The molecule has 1 aromatic carbocycles. The molecule has 2 unspecified atom stereocenters. The molecule has 10 nitrogen and oxygen atoms in total. The van der Waals surface area contributed by atoms with E-state index in [2.05, 4.69) is 25.0 Å². The third kappa shape index (κ3) is 6.66. The van der Waals surface area contributed by atoms with Gasteiger partial charge in [0.1, 0.15) is 5.82 Å². The van der Waals surface area contributed by atoms with Gasteiger partial charge in [-0.1, -0.05) is 26.8 Å². The molecule has 1 aliphatic heterocycles. The summed E-state index contributed by atoms with van der Waals surface area (Å²) in [5, 5.41) is 12.8. The molecule has 11 heteroatoms. The van der Waals surface area contributed by atoms with Gasteiger partial charge in [0.15, 0.2) is 11.5 Å². The van der Waals surface area contributed by atoms with Crippen LogP contribution in [0.4, 0.5) is 11.9 Å². The lowest BCUT2D eigenvalue weighted by atomic mass is 9.97. The van der Waals surface area contributed by atoms with Gasteiger partial charge in [-0.3, -0.25) is 4.72 Å². The average molecular weight is 452 g/mol. The van der Waals surface area contributed by atoms with Crippen molar-refractivity contribution in [1.29, 1.82) is 0 Å². The number of ether oxygens (including phenoxy) is 2. The smallest absolute Gasteiger partial charge is 0.241 e. The number of hydrogen-bond donors (Lipinski definition) is 3. The molecule has 0 spiro atoms. The van der Waals surface area contributed by atoms with Crippen molar-refractivity contribution in [2.45, 2.75) is 45.6 Å². The van der Waals surface area contributed by atoms with Gasteiger partial charge in [-0.25, -0.2) is 8.42 Å². The molecule has 2 atom stereocenters. The maximum absolute atomic E-state index is 11.7. The minimum Gasteiger partial charge on any atom is -0.454 e. The number of nitrogens with zero attached hydrogens (tertiary/aromatic N) is 3. The summed E-state index contributed by atoms with van der Waals surface area (Å²) in [4.78, 5) is 12.9. The standard InChI is InChI=1S/C20H29N5O5S/c1-12(2)7-15(10-26)21-19-22-18(23-20(24-19)25-31(4,27)28)8-13(3)14-5-6-16-17(9-14)30-11-29-16/h5-6,9,12-13,15,26H,7-8,10-11H2,1-4H3,(H2,21,22,23,24,25). The van der Waals surface area contributed by atoms with Crippen LogP contribution in [0.2, 0.25) is 0 Å². The van der Waals surface area contributed by atoms with Crippen LogP contribution >= 0.6 is 0 Å². The predicted octanol–water partition coefficient (Wildman–Crippen LogP) is 2.14. The van der Waals surface area contributed by atoms with E-state index in [9.17, 15) is 13.5 Å². The second kappa shape index (κ2) is 9.65. The summed E-state index contributed by atoms with van der Waals surface area (Å²) >= 11 is 0. The quantitative estimate of drug-likeness (QED) is 0.496. The topological polar surface area (TPSA) is 136 Å². The van der Waals surface area contributed by atoms with Crippen molar-refractivity contribution >= 4 is 21.9 Å². The number of fused-ring (bicyclic) bond motifs is 1. The molecular weight excluding hydrogens is 422 g/mol. The number of hydrogen-bond acceptors (Lipinski definition) is 9. The normalized spacial score (nSPS) is 15.0. The highest BCUT2D eigenvalue weighted by Crippen LogP contribution is 2.35. The van der Waals surface area contributed by atoms with Crippen LogP contribution in [0.3, 0.4) is 0 Å². The van der Waals surface area contributed by atoms with Crippen LogP contribution in [-0.4, -0.2) is 54.2 Å². The molecule has 0 amide bonds. The van der Waals surface area contributed by atoms with Crippen molar-refractivity contribution in [2.75, 3.05) is 29.7 Å². The van der Waals surface area contributed by atoms with Gasteiger partial charge < -0.3 is 19.9 Å². The third-order valence-electron chi connectivity index (χ3n) is 4.72. The van der Waals surface area contributed by atoms with Gasteiger partial charge >= 0.3 is 0 Å². The van der Waals surface area contributed by atoms with Gasteiger partial charge in [0.05, 0.1) is 18.9 Å².